The van der Waals surface area contributed by atoms with E-state index in [1.165, 1.54) is 26.9 Å². The highest BCUT2D eigenvalue weighted by Gasteiger charge is 2.22. The Morgan fingerprint density at radius 1 is 1.03 bits per heavy atom. The molecule has 2 unspecified atom stereocenters. The topological polar surface area (TPSA) is 27.7 Å². The number of hydrogen-bond donors (Lipinski definition) is 0. The zero-order chi connectivity index (χ0) is 22.5. The summed E-state index contributed by atoms with van der Waals surface area (Å²) in [5.41, 5.74) is 1.38. The predicted octanol–water partition coefficient (Wildman–Crippen LogP) is 7.84. The third-order valence-electron chi connectivity index (χ3n) is 5.16. The maximum atomic E-state index is 14.2. The standard InChI is InChI=1S/C22H30F2O3.C3H8/c1-5-16-7-12-20(27-13-16)18-8-10-19(11-9-18)26-14-17(6-2)22(24)21(23)15(3)25-4;1-3-2/h8-11,16,20H,5-7,12-14H2,1-4H3;3H2,1-2H3/b21-15-,22-17-;. The zero-order valence-corrected chi connectivity index (χ0v) is 19.4. The van der Waals surface area contributed by atoms with Crippen molar-refractivity contribution in [3.05, 3.63) is 52.8 Å². The van der Waals surface area contributed by atoms with Crippen LogP contribution >= 0.6 is 0 Å². The molecule has 0 bridgehead atoms. The second-order valence-electron chi connectivity index (χ2n) is 7.58. The molecule has 0 aromatic heterocycles. The Morgan fingerprint density at radius 2 is 1.67 bits per heavy atom. The molecule has 1 aliphatic rings. The van der Waals surface area contributed by atoms with Crippen molar-refractivity contribution in [3.8, 4) is 5.75 Å². The van der Waals surface area contributed by atoms with E-state index in [0.717, 1.165) is 25.0 Å². The number of rotatable bonds is 8. The summed E-state index contributed by atoms with van der Waals surface area (Å²) in [7, 11) is 1.31. The number of hydrogen-bond acceptors (Lipinski definition) is 3. The minimum atomic E-state index is -0.979. The Balaban J connectivity index is 0.00000141. The molecule has 0 aliphatic carbocycles. The Morgan fingerprint density at radius 3 is 2.13 bits per heavy atom. The molecule has 2 rings (SSSR count). The fraction of sp³-hybridized carbons (Fsp3) is 0.600. The molecule has 1 saturated heterocycles. The molecule has 30 heavy (non-hydrogen) atoms. The zero-order valence-electron chi connectivity index (χ0n) is 19.4. The molecule has 0 amide bonds. The second kappa shape index (κ2) is 14.2. The van der Waals surface area contributed by atoms with Crippen molar-refractivity contribution in [1.29, 1.82) is 0 Å². The van der Waals surface area contributed by atoms with Crippen LogP contribution < -0.4 is 4.74 Å². The van der Waals surface area contributed by atoms with Gasteiger partial charge in [0, 0.05) is 5.57 Å². The van der Waals surface area contributed by atoms with Crippen LogP contribution in [0.3, 0.4) is 0 Å². The van der Waals surface area contributed by atoms with Gasteiger partial charge >= 0.3 is 0 Å². The Kier molecular flexibility index (Phi) is 12.4. The van der Waals surface area contributed by atoms with Gasteiger partial charge in [-0.25, -0.2) is 8.78 Å². The summed E-state index contributed by atoms with van der Waals surface area (Å²) in [6.45, 7) is 10.4. The number of allylic oxidation sites excluding steroid dienone is 3. The highest BCUT2D eigenvalue weighted by atomic mass is 19.2. The third-order valence-corrected chi connectivity index (χ3v) is 5.16. The van der Waals surface area contributed by atoms with Gasteiger partial charge in [-0.05, 0) is 49.8 Å². The summed E-state index contributed by atoms with van der Waals surface area (Å²) in [5, 5.41) is 0. The summed E-state index contributed by atoms with van der Waals surface area (Å²) >= 11 is 0. The first-order chi connectivity index (χ1) is 14.4. The lowest BCUT2D eigenvalue weighted by atomic mass is 9.93. The molecule has 1 aromatic rings. The second-order valence-corrected chi connectivity index (χ2v) is 7.58. The van der Waals surface area contributed by atoms with Gasteiger partial charge in [-0.3, -0.25) is 0 Å². The first-order valence-corrected chi connectivity index (χ1v) is 11.0. The van der Waals surface area contributed by atoms with Gasteiger partial charge in [0.2, 0.25) is 0 Å². The van der Waals surface area contributed by atoms with Crippen LogP contribution in [0.25, 0.3) is 0 Å². The fourth-order valence-electron chi connectivity index (χ4n) is 3.06. The largest absolute Gasteiger partial charge is 0.498 e. The van der Waals surface area contributed by atoms with Crippen molar-refractivity contribution in [2.75, 3.05) is 20.3 Å². The molecule has 1 heterocycles. The van der Waals surface area contributed by atoms with E-state index < -0.39 is 11.7 Å². The van der Waals surface area contributed by atoms with Crippen LogP contribution in [0, 0.1) is 5.92 Å². The first kappa shape index (κ1) is 26.2. The highest BCUT2D eigenvalue weighted by molar-refractivity contribution is 5.31. The third kappa shape index (κ3) is 8.10. The summed E-state index contributed by atoms with van der Waals surface area (Å²) in [6, 6.07) is 7.66. The van der Waals surface area contributed by atoms with Gasteiger partial charge in [-0.1, -0.05) is 52.7 Å². The minimum Gasteiger partial charge on any atom is -0.498 e. The fourth-order valence-corrected chi connectivity index (χ4v) is 3.06. The minimum absolute atomic E-state index is 0.00972. The molecular weight excluding hydrogens is 386 g/mol. The van der Waals surface area contributed by atoms with E-state index in [-0.39, 0.29) is 24.0 Å². The molecule has 0 spiro atoms. The maximum Gasteiger partial charge on any atom is 0.196 e. The van der Waals surface area contributed by atoms with Crippen molar-refractivity contribution in [3.63, 3.8) is 0 Å². The van der Waals surface area contributed by atoms with Crippen molar-refractivity contribution in [2.24, 2.45) is 5.92 Å². The van der Waals surface area contributed by atoms with Gasteiger partial charge < -0.3 is 14.2 Å². The predicted molar refractivity (Wildman–Crippen MR) is 119 cm³/mol. The van der Waals surface area contributed by atoms with Crippen LogP contribution in [0.4, 0.5) is 8.78 Å². The van der Waals surface area contributed by atoms with E-state index in [2.05, 4.69) is 20.8 Å². The van der Waals surface area contributed by atoms with Crippen molar-refractivity contribution in [2.45, 2.75) is 72.8 Å². The van der Waals surface area contributed by atoms with Crippen LogP contribution in [0.2, 0.25) is 0 Å². The van der Waals surface area contributed by atoms with Crippen LogP contribution in [0.1, 0.15) is 78.4 Å². The molecule has 170 valence electrons. The molecule has 1 fully saturated rings. The van der Waals surface area contributed by atoms with E-state index >= 15 is 0 Å². The first-order valence-electron chi connectivity index (χ1n) is 11.0. The van der Waals surface area contributed by atoms with E-state index in [1.54, 1.807) is 6.92 Å². The van der Waals surface area contributed by atoms with Crippen LogP contribution in [-0.2, 0) is 9.47 Å². The van der Waals surface area contributed by atoms with Crippen molar-refractivity contribution in [1.82, 2.24) is 0 Å². The Hall–Kier alpha value is -1.88. The summed E-state index contributed by atoms with van der Waals surface area (Å²) < 4.78 is 44.5. The smallest absolute Gasteiger partial charge is 0.196 e. The quantitative estimate of drug-likeness (QED) is 0.314. The summed E-state index contributed by atoms with van der Waals surface area (Å²) in [4.78, 5) is 0. The average Bonchev–Trinajstić information content (AvgIpc) is 2.79. The maximum absolute atomic E-state index is 14.2. The summed E-state index contributed by atoms with van der Waals surface area (Å²) in [6.07, 6.45) is 5.09. The molecule has 1 aromatic carbocycles. The lowest BCUT2D eigenvalue weighted by Crippen LogP contribution is -2.20. The Labute approximate surface area is 181 Å². The van der Waals surface area contributed by atoms with Crippen LogP contribution in [0.5, 0.6) is 5.75 Å². The van der Waals surface area contributed by atoms with Crippen molar-refractivity contribution < 1.29 is 23.0 Å². The highest BCUT2D eigenvalue weighted by Crippen LogP contribution is 2.32. The molecular formula is C25H38F2O3. The number of methoxy groups -OCH3 is 1. The van der Waals surface area contributed by atoms with E-state index in [0.29, 0.717) is 18.1 Å². The van der Waals surface area contributed by atoms with Gasteiger partial charge in [0.1, 0.15) is 18.1 Å². The van der Waals surface area contributed by atoms with Crippen molar-refractivity contribution >= 4 is 0 Å². The number of ether oxygens (including phenoxy) is 3. The Bertz CT molecular complexity index is 672. The molecule has 2 atom stereocenters. The van der Waals surface area contributed by atoms with Gasteiger partial charge in [0.05, 0.1) is 19.8 Å². The molecule has 1 aliphatic heterocycles. The molecule has 0 N–H and O–H groups in total. The molecule has 3 nitrogen and oxygen atoms in total. The number of halogens is 2. The number of benzene rings is 1. The van der Waals surface area contributed by atoms with E-state index in [9.17, 15) is 8.78 Å². The monoisotopic (exact) mass is 424 g/mol. The molecule has 0 radical (unpaired) electrons. The molecule has 5 heteroatoms. The van der Waals surface area contributed by atoms with Gasteiger partial charge in [-0.15, -0.1) is 0 Å². The average molecular weight is 425 g/mol. The lowest BCUT2D eigenvalue weighted by molar-refractivity contribution is -0.0181. The van der Waals surface area contributed by atoms with Gasteiger partial charge in [-0.2, -0.15) is 0 Å². The SMILES string of the molecule is CC/C(COc1ccc(C2CCC(CC)CO2)cc1)=C(F)\C(F)=C(/C)OC.CCC. The lowest BCUT2D eigenvalue weighted by Gasteiger charge is -2.28. The van der Waals surface area contributed by atoms with Crippen LogP contribution in [0.15, 0.2) is 47.3 Å². The normalized spacial score (nSPS) is 20.4. The van der Waals surface area contributed by atoms with E-state index in [1.807, 2.05) is 24.3 Å². The van der Waals surface area contributed by atoms with Gasteiger partial charge in [0.25, 0.3) is 0 Å². The summed E-state index contributed by atoms with van der Waals surface area (Å²) in [5.74, 6) is -0.690. The van der Waals surface area contributed by atoms with Crippen LogP contribution in [-0.4, -0.2) is 20.3 Å². The molecule has 0 saturated carbocycles. The van der Waals surface area contributed by atoms with E-state index in [4.69, 9.17) is 14.2 Å². The van der Waals surface area contributed by atoms with Gasteiger partial charge in [0.15, 0.2) is 11.7 Å².